The van der Waals surface area contributed by atoms with E-state index in [1.165, 1.54) is 12.5 Å². The number of sulfone groups is 1. The second kappa shape index (κ2) is 9.67. The molecule has 1 saturated carbocycles. The van der Waals surface area contributed by atoms with E-state index in [2.05, 4.69) is 25.2 Å². The maximum atomic E-state index is 12.1. The lowest BCUT2D eigenvalue weighted by atomic mass is 9.93. The fraction of sp³-hybridized carbons (Fsp3) is 0.478. The van der Waals surface area contributed by atoms with Gasteiger partial charge < -0.3 is 19.7 Å². The summed E-state index contributed by atoms with van der Waals surface area (Å²) in [5.41, 5.74) is 0.662. The van der Waals surface area contributed by atoms with Gasteiger partial charge in [0.2, 0.25) is 11.8 Å². The SMILES string of the molecule is CS(=O)(=O)c1cnc2cc(N3CCOCC3)nc(OC3CCC(Nc4ncccn4)CC3)c2c1. The van der Waals surface area contributed by atoms with Crippen LogP contribution in [0.25, 0.3) is 10.9 Å². The third-order valence-electron chi connectivity index (χ3n) is 6.22. The molecule has 0 atom stereocenters. The molecule has 1 aliphatic heterocycles. The summed E-state index contributed by atoms with van der Waals surface area (Å²) in [6, 6.07) is 5.58. The Hall–Kier alpha value is -3.05. The van der Waals surface area contributed by atoms with E-state index in [0.29, 0.717) is 35.9 Å². The van der Waals surface area contributed by atoms with Crippen LogP contribution in [0.1, 0.15) is 25.7 Å². The molecular weight excluding hydrogens is 456 g/mol. The van der Waals surface area contributed by atoms with Crippen molar-refractivity contribution >= 4 is 32.5 Å². The van der Waals surface area contributed by atoms with E-state index in [1.54, 1.807) is 24.5 Å². The highest BCUT2D eigenvalue weighted by Crippen LogP contribution is 2.32. The Balaban J connectivity index is 1.38. The minimum absolute atomic E-state index is 0.0210. The molecule has 10 nitrogen and oxygen atoms in total. The van der Waals surface area contributed by atoms with Crippen LogP contribution >= 0.6 is 0 Å². The number of pyridine rings is 2. The van der Waals surface area contributed by atoms with Crippen molar-refractivity contribution in [3.63, 3.8) is 0 Å². The summed E-state index contributed by atoms with van der Waals surface area (Å²) >= 11 is 0. The second-order valence-electron chi connectivity index (χ2n) is 8.70. The smallest absolute Gasteiger partial charge is 0.225 e. The Labute approximate surface area is 198 Å². The van der Waals surface area contributed by atoms with Gasteiger partial charge in [-0.1, -0.05) is 0 Å². The molecule has 0 amide bonds. The number of morpholine rings is 1. The molecule has 0 spiro atoms. The molecule has 11 heteroatoms. The molecule has 4 heterocycles. The fourth-order valence-electron chi connectivity index (χ4n) is 4.35. The summed E-state index contributed by atoms with van der Waals surface area (Å²) in [5.74, 6) is 1.83. The molecule has 1 aliphatic carbocycles. The quantitative estimate of drug-likeness (QED) is 0.559. The standard InChI is InChI=1S/C23H28N6O4S/c1-34(30,31)18-13-19-20(26-15-18)14-21(29-9-11-32-12-10-29)28-22(19)33-17-5-3-16(4-6-17)27-23-24-7-2-8-25-23/h2,7-8,13-17H,3-6,9-12H2,1H3,(H,24,25,27). The van der Waals surface area contributed by atoms with Gasteiger partial charge in [-0.2, -0.15) is 4.98 Å². The van der Waals surface area contributed by atoms with Crippen LogP contribution in [0.2, 0.25) is 0 Å². The molecule has 2 fully saturated rings. The summed E-state index contributed by atoms with van der Waals surface area (Å²) in [7, 11) is -3.40. The normalized spacial score (nSPS) is 21.4. The van der Waals surface area contributed by atoms with Crippen LogP contribution in [0.15, 0.2) is 41.7 Å². The van der Waals surface area contributed by atoms with E-state index in [-0.39, 0.29) is 17.0 Å². The summed E-state index contributed by atoms with van der Waals surface area (Å²) in [6.45, 7) is 2.74. The molecule has 34 heavy (non-hydrogen) atoms. The zero-order valence-electron chi connectivity index (χ0n) is 19.1. The second-order valence-corrected chi connectivity index (χ2v) is 10.7. The Kier molecular flexibility index (Phi) is 6.46. The number of nitrogens with one attached hydrogen (secondary N) is 1. The average molecular weight is 485 g/mol. The minimum atomic E-state index is -3.40. The number of aromatic nitrogens is 4. The number of rotatable bonds is 6. The van der Waals surface area contributed by atoms with E-state index in [0.717, 1.165) is 44.6 Å². The Morgan fingerprint density at radius 1 is 1.06 bits per heavy atom. The van der Waals surface area contributed by atoms with Crippen molar-refractivity contribution < 1.29 is 17.9 Å². The van der Waals surface area contributed by atoms with Crippen LogP contribution in [0, 0.1) is 0 Å². The van der Waals surface area contributed by atoms with Crippen LogP contribution in [-0.2, 0) is 14.6 Å². The third kappa shape index (κ3) is 5.20. The van der Waals surface area contributed by atoms with Crippen LogP contribution in [0.5, 0.6) is 5.88 Å². The Morgan fingerprint density at radius 2 is 1.79 bits per heavy atom. The van der Waals surface area contributed by atoms with Gasteiger partial charge in [0.05, 0.1) is 29.0 Å². The predicted octanol–water partition coefficient (Wildman–Crippen LogP) is 2.46. The first-order chi connectivity index (χ1) is 16.5. The van der Waals surface area contributed by atoms with Gasteiger partial charge in [0, 0.05) is 50.0 Å². The molecule has 0 aromatic carbocycles. The van der Waals surface area contributed by atoms with Crippen LogP contribution in [-0.4, -0.2) is 73.1 Å². The maximum Gasteiger partial charge on any atom is 0.225 e. The lowest BCUT2D eigenvalue weighted by molar-refractivity contribution is 0.122. The molecule has 180 valence electrons. The van der Waals surface area contributed by atoms with Crippen molar-refractivity contribution in [2.45, 2.75) is 42.7 Å². The van der Waals surface area contributed by atoms with Gasteiger partial charge >= 0.3 is 0 Å². The Bertz CT molecular complexity index is 1240. The van der Waals surface area contributed by atoms with Gasteiger partial charge in [-0.3, -0.25) is 4.98 Å². The summed E-state index contributed by atoms with van der Waals surface area (Å²) in [5, 5.41) is 3.99. The molecule has 1 saturated heterocycles. The fourth-order valence-corrected chi connectivity index (χ4v) is 4.92. The van der Waals surface area contributed by atoms with E-state index < -0.39 is 9.84 Å². The zero-order chi connectivity index (χ0) is 23.5. The Morgan fingerprint density at radius 3 is 2.50 bits per heavy atom. The van der Waals surface area contributed by atoms with E-state index in [4.69, 9.17) is 14.5 Å². The average Bonchev–Trinajstić information content (AvgIpc) is 2.85. The monoisotopic (exact) mass is 484 g/mol. The number of nitrogens with zero attached hydrogens (tertiary/aromatic N) is 5. The van der Waals surface area contributed by atoms with Gasteiger partial charge in [-0.15, -0.1) is 0 Å². The molecule has 3 aromatic rings. The van der Waals surface area contributed by atoms with Crippen LogP contribution < -0.4 is 15.0 Å². The van der Waals surface area contributed by atoms with Gasteiger partial charge in [0.15, 0.2) is 9.84 Å². The first-order valence-electron chi connectivity index (χ1n) is 11.5. The molecule has 3 aromatic heterocycles. The van der Waals surface area contributed by atoms with Gasteiger partial charge in [0.1, 0.15) is 11.9 Å². The van der Waals surface area contributed by atoms with Crippen LogP contribution in [0.3, 0.4) is 0 Å². The van der Waals surface area contributed by atoms with Crippen molar-refractivity contribution in [3.8, 4) is 5.88 Å². The molecule has 1 N–H and O–H groups in total. The molecule has 5 rings (SSSR count). The first kappa shape index (κ1) is 22.7. The van der Waals surface area contributed by atoms with Crippen molar-refractivity contribution in [2.24, 2.45) is 0 Å². The van der Waals surface area contributed by atoms with Crippen LogP contribution in [0.4, 0.5) is 11.8 Å². The lowest BCUT2D eigenvalue weighted by Crippen LogP contribution is -2.37. The minimum Gasteiger partial charge on any atom is -0.474 e. The molecule has 0 radical (unpaired) electrons. The topological polar surface area (TPSA) is 119 Å². The van der Waals surface area contributed by atoms with Crippen molar-refractivity contribution in [3.05, 3.63) is 36.8 Å². The number of fused-ring (bicyclic) bond motifs is 1. The molecular formula is C23H28N6O4S. The number of hydrogen-bond acceptors (Lipinski definition) is 10. The maximum absolute atomic E-state index is 12.1. The third-order valence-corrected chi connectivity index (χ3v) is 7.30. The summed E-state index contributed by atoms with van der Waals surface area (Å²) < 4.78 is 36.1. The van der Waals surface area contributed by atoms with E-state index in [9.17, 15) is 8.42 Å². The lowest BCUT2D eigenvalue weighted by Gasteiger charge is -2.31. The molecule has 2 aliphatic rings. The summed E-state index contributed by atoms with van der Waals surface area (Å²) in [6.07, 6.45) is 9.51. The predicted molar refractivity (Wildman–Crippen MR) is 128 cm³/mol. The van der Waals surface area contributed by atoms with Crippen molar-refractivity contribution in [2.75, 3.05) is 42.8 Å². The first-order valence-corrected chi connectivity index (χ1v) is 13.4. The zero-order valence-corrected chi connectivity index (χ0v) is 19.9. The number of anilines is 2. The van der Waals surface area contributed by atoms with Gasteiger partial charge in [-0.05, 0) is 37.8 Å². The number of ether oxygens (including phenoxy) is 2. The molecule has 0 unspecified atom stereocenters. The van der Waals surface area contributed by atoms with Gasteiger partial charge in [-0.25, -0.2) is 18.4 Å². The van der Waals surface area contributed by atoms with Gasteiger partial charge in [0.25, 0.3) is 0 Å². The number of hydrogen-bond donors (Lipinski definition) is 1. The van der Waals surface area contributed by atoms with E-state index >= 15 is 0 Å². The van der Waals surface area contributed by atoms with E-state index in [1.807, 2.05) is 6.07 Å². The highest BCUT2D eigenvalue weighted by atomic mass is 32.2. The highest BCUT2D eigenvalue weighted by Gasteiger charge is 2.25. The van der Waals surface area contributed by atoms with Crippen molar-refractivity contribution in [1.29, 1.82) is 0 Å². The van der Waals surface area contributed by atoms with Crippen molar-refractivity contribution in [1.82, 2.24) is 19.9 Å². The molecule has 0 bridgehead atoms. The highest BCUT2D eigenvalue weighted by molar-refractivity contribution is 7.90. The largest absolute Gasteiger partial charge is 0.474 e. The summed E-state index contributed by atoms with van der Waals surface area (Å²) in [4.78, 5) is 20.0.